The molecule has 2 aromatic carbocycles. The van der Waals surface area contributed by atoms with E-state index in [0.29, 0.717) is 38.9 Å². The monoisotopic (exact) mass is 503 g/mol. The molecule has 9 heteroatoms. The highest BCUT2D eigenvalue weighted by Gasteiger charge is 2.15. The molecule has 170 valence electrons. The Bertz CT molecular complexity index is 1310. The Morgan fingerprint density at radius 3 is 2.55 bits per heavy atom. The summed E-state index contributed by atoms with van der Waals surface area (Å²) in [5, 5.41) is 8.98. The molecule has 4 rings (SSSR count). The number of ether oxygens (including phenoxy) is 1. The Morgan fingerprint density at radius 1 is 1.03 bits per heavy atom. The zero-order valence-electron chi connectivity index (χ0n) is 17.9. The number of carbonyl (C=O) groups excluding carboxylic acids is 1. The molecule has 0 saturated heterocycles. The number of anilines is 1. The Hall–Kier alpha value is -2.93. The highest BCUT2D eigenvalue weighted by atomic mass is 35.5. The third-order valence-electron chi connectivity index (χ3n) is 4.95. The smallest absolute Gasteiger partial charge is 0.292 e. The quantitative estimate of drug-likeness (QED) is 0.296. The molecule has 0 aliphatic carbocycles. The summed E-state index contributed by atoms with van der Waals surface area (Å²) in [7, 11) is 0. The minimum atomic E-state index is -0.405. The van der Waals surface area contributed by atoms with Crippen LogP contribution in [0, 0.1) is 13.8 Å². The molecule has 33 heavy (non-hydrogen) atoms. The van der Waals surface area contributed by atoms with E-state index in [-0.39, 0.29) is 12.4 Å². The molecule has 1 amide bonds. The van der Waals surface area contributed by atoms with Gasteiger partial charge in [-0.25, -0.2) is 0 Å². The Morgan fingerprint density at radius 2 is 1.79 bits per heavy atom. The zero-order valence-corrected chi connectivity index (χ0v) is 20.1. The lowest BCUT2D eigenvalue weighted by molar-refractivity contribution is 0.0992. The number of furan rings is 1. The second kappa shape index (κ2) is 9.91. The second-order valence-electron chi connectivity index (χ2n) is 7.48. The largest absolute Gasteiger partial charge is 0.485 e. The van der Waals surface area contributed by atoms with E-state index in [2.05, 4.69) is 10.4 Å². The fourth-order valence-corrected chi connectivity index (χ4v) is 3.92. The topological polar surface area (TPSA) is 69.3 Å². The third kappa shape index (κ3) is 5.71. The third-order valence-corrected chi connectivity index (χ3v) is 5.77. The SMILES string of the molecule is Cc1cc(Cl)ccc1OCc1ccc(C(=O)Nc2cc(C)n(Cc3ccc(Cl)cc3Cl)n2)o1. The van der Waals surface area contributed by atoms with Crippen molar-refractivity contribution < 1.29 is 13.9 Å². The van der Waals surface area contributed by atoms with Gasteiger partial charge in [0, 0.05) is 26.8 Å². The summed E-state index contributed by atoms with van der Waals surface area (Å²) >= 11 is 18.2. The molecular formula is C24H20Cl3N3O3. The molecule has 0 radical (unpaired) electrons. The van der Waals surface area contributed by atoms with Crippen molar-refractivity contribution in [1.82, 2.24) is 9.78 Å². The lowest BCUT2D eigenvalue weighted by atomic mass is 10.2. The standard InChI is InChI=1S/C24H20Cl3N3O3/c1-14-9-17(25)5-7-21(14)32-13-19-6-8-22(33-19)24(31)28-23-10-15(2)30(29-23)12-16-3-4-18(26)11-20(16)27/h3-11H,12-13H2,1-2H3,(H,28,29,31). The van der Waals surface area contributed by atoms with Crippen molar-refractivity contribution in [3.05, 3.63) is 98.0 Å². The minimum absolute atomic E-state index is 0.161. The minimum Gasteiger partial charge on any atom is -0.485 e. The average molecular weight is 505 g/mol. The molecule has 0 aliphatic heterocycles. The molecule has 0 aliphatic rings. The van der Waals surface area contributed by atoms with Crippen LogP contribution in [0.3, 0.4) is 0 Å². The molecule has 0 unspecified atom stereocenters. The van der Waals surface area contributed by atoms with E-state index in [9.17, 15) is 4.79 Å². The van der Waals surface area contributed by atoms with Crippen molar-refractivity contribution in [3.63, 3.8) is 0 Å². The zero-order chi connectivity index (χ0) is 23.5. The number of carbonyl (C=O) groups is 1. The van der Waals surface area contributed by atoms with Crippen LogP contribution in [-0.2, 0) is 13.2 Å². The number of benzene rings is 2. The highest BCUT2D eigenvalue weighted by molar-refractivity contribution is 6.35. The van der Waals surface area contributed by atoms with Gasteiger partial charge in [0.2, 0.25) is 0 Å². The van der Waals surface area contributed by atoms with E-state index in [4.69, 9.17) is 44.0 Å². The van der Waals surface area contributed by atoms with Crippen LogP contribution in [0.1, 0.15) is 33.1 Å². The normalized spacial score (nSPS) is 10.9. The average Bonchev–Trinajstić information content (AvgIpc) is 3.36. The number of nitrogens with one attached hydrogen (secondary N) is 1. The molecule has 2 heterocycles. The summed E-state index contributed by atoms with van der Waals surface area (Å²) in [5.41, 5.74) is 2.65. The first-order valence-electron chi connectivity index (χ1n) is 10.1. The van der Waals surface area contributed by atoms with Crippen molar-refractivity contribution in [2.45, 2.75) is 27.0 Å². The van der Waals surface area contributed by atoms with Crippen molar-refractivity contribution in [2.24, 2.45) is 0 Å². The van der Waals surface area contributed by atoms with Crippen LogP contribution >= 0.6 is 34.8 Å². The number of hydrogen-bond acceptors (Lipinski definition) is 4. The van der Waals surface area contributed by atoms with Gasteiger partial charge in [0.05, 0.1) is 6.54 Å². The summed E-state index contributed by atoms with van der Waals surface area (Å²) in [6.07, 6.45) is 0. The lowest BCUT2D eigenvalue weighted by Crippen LogP contribution is -2.12. The second-order valence-corrected chi connectivity index (χ2v) is 8.76. The van der Waals surface area contributed by atoms with E-state index >= 15 is 0 Å². The van der Waals surface area contributed by atoms with E-state index in [0.717, 1.165) is 16.8 Å². The molecule has 0 saturated carbocycles. The molecule has 0 bridgehead atoms. The van der Waals surface area contributed by atoms with E-state index in [1.54, 1.807) is 47.1 Å². The summed E-state index contributed by atoms with van der Waals surface area (Å²) in [5.74, 6) is 1.39. The van der Waals surface area contributed by atoms with Crippen LogP contribution in [0.25, 0.3) is 0 Å². The molecule has 6 nitrogen and oxygen atoms in total. The highest BCUT2D eigenvalue weighted by Crippen LogP contribution is 2.24. The Labute approximate surface area is 206 Å². The van der Waals surface area contributed by atoms with E-state index in [1.807, 2.05) is 26.0 Å². The van der Waals surface area contributed by atoms with E-state index < -0.39 is 5.91 Å². The Kier molecular flexibility index (Phi) is 6.98. The Balaban J connectivity index is 1.38. The van der Waals surface area contributed by atoms with Gasteiger partial charge in [-0.3, -0.25) is 9.48 Å². The van der Waals surface area contributed by atoms with Crippen molar-refractivity contribution in [1.29, 1.82) is 0 Å². The van der Waals surface area contributed by atoms with Gasteiger partial charge in [-0.15, -0.1) is 0 Å². The summed E-state index contributed by atoms with van der Waals surface area (Å²) in [6.45, 7) is 4.44. The number of rotatable bonds is 7. The molecule has 0 spiro atoms. The maximum Gasteiger partial charge on any atom is 0.292 e. The van der Waals surface area contributed by atoms with Crippen molar-refractivity contribution in [2.75, 3.05) is 5.32 Å². The van der Waals surface area contributed by atoms with Crippen molar-refractivity contribution in [3.8, 4) is 5.75 Å². The van der Waals surface area contributed by atoms with Crippen LogP contribution in [0.5, 0.6) is 5.75 Å². The van der Waals surface area contributed by atoms with Crippen LogP contribution in [0.2, 0.25) is 15.1 Å². The van der Waals surface area contributed by atoms with Gasteiger partial charge < -0.3 is 14.5 Å². The first kappa shape index (κ1) is 23.2. The van der Waals surface area contributed by atoms with Gasteiger partial charge in [-0.1, -0.05) is 40.9 Å². The maximum absolute atomic E-state index is 12.6. The number of halogens is 3. The van der Waals surface area contributed by atoms with Crippen LogP contribution < -0.4 is 10.1 Å². The molecule has 2 aromatic heterocycles. The fraction of sp³-hybridized carbons (Fsp3) is 0.167. The lowest BCUT2D eigenvalue weighted by Gasteiger charge is -2.07. The van der Waals surface area contributed by atoms with Gasteiger partial charge in [0.25, 0.3) is 5.91 Å². The first-order chi connectivity index (χ1) is 15.8. The number of nitrogens with zero attached hydrogens (tertiary/aromatic N) is 2. The molecule has 0 atom stereocenters. The number of aromatic nitrogens is 2. The van der Waals surface area contributed by atoms with Crippen LogP contribution in [-0.4, -0.2) is 15.7 Å². The number of aryl methyl sites for hydroxylation is 2. The van der Waals surface area contributed by atoms with Gasteiger partial charge >= 0.3 is 0 Å². The summed E-state index contributed by atoms with van der Waals surface area (Å²) in [4.78, 5) is 12.6. The van der Waals surface area contributed by atoms with Gasteiger partial charge in [0.15, 0.2) is 11.6 Å². The van der Waals surface area contributed by atoms with Crippen molar-refractivity contribution >= 4 is 46.5 Å². The fourth-order valence-electron chi connectivity index (χ4n) is 3.22. The number of amides is 1. The molecule has 0 fully saturated rings. The van der Waals surface area contributed by atoms with Crippen LogP contribution in [0.15, 0.2) is 59.0 Å². The molecule has 4 aromatic rings. The molecular weight excluding hydrogens is 485 g/mol. The maximum atomic E-state index is 12.6. The molecule has 1 N–H and O–H groups in total. The summed E-state index contributed by atoms with van der Waals surface area (Å²) < 4.78 is 13.1. The summed E-state index contributed by atoms with van der Waals surface area (Å²) in [6, 6.07) is 15.8. The van der Waals surface area contributed by atoms with Gasteiger partial charge in [-0.05, 0) is 67.4 Å². The predicted octanol–water partition coefficient (Wildman–Crippen LogP) is 6.93. The van der Waals surface area contributed by atoms with E-state index in [1.165, 1.54) is 0 Å². The van der Waals surface area contributed by atoms with Gasteiger partial charge in [-0.2, -0.15) is 5.10 Å². The first-order valence-corrected chi connectivity index (χ1v) is 11.2. The van der Waals surface area contributed by atoms with Crippen LogP contribution in [0.4, 0.5) is 5.82 Å². The predicted molar refractivity (Wildman–Crippen MR) is 130 cm³/mol. The number of hydrogen-bond donors (Lipinski definition) is 1. The van der Waals surface area contributed by atoms with Gasteiger partial charge in [0.1, 0.15) is 18.1 Å².